The fourth-order valence-electron chi connectivity index (χ4n) is 10.6. The molecule has 2 heterocycles. The summed E-state index contributed by atoms with van der Waals surface area (Å²) in [5.74, 6) is 0. The lowest BCUT2D eigenvalue weighted by molar-refractivity contribution is 0.660. The van der Waals surface area contributed by atoms with Crippen molar-refractivity contribution in [3.05, 3.63) is 236 Å². The van der Waals surface area contributed by atoms with E-state index in [-0.39, 0.29) is 5.41 Å². The van der Waals surface area contributed by atoms with Gasteiger partial charge in [-0.25, -0.2) is 0 Å². The van der Waals surface area contributed by atoms with E-state index in [4.69, 9.17) is 8.83 Å². The number of hydrogen-bond acceptors (Lipinski definition) is 3. The van der Waals surface area contributed by atoms with E-state index >= 15 is 0 Å². The zero-order valence-corrected chi connectivity index (χ0v) is 36.6. The highest BCUT2D eigenvalue weighted by Gasteiger charge is 2.35. The molecule has 312 valence electrons. The van der Waals surface area contributed by atoms with Crippen LogP contribution >= 0.6 is 0 Å². The molecule has 0 unspecified atom stereocenters. The van der Waals surface area contributed by atoms with Gasteiger partial charge in [-0.15, -0.1) is 0 Å². The summed E-state index contributed by atoms with van der Waals surface area (Å²) >= 11 is 0. The second-order valence-corrected chi connectivity index (χ2v) is 18.1. The van der Waals surface area contributed by atoms with Gasteiger partial charge in [-0.05, 0) is 134 Å². The summed E-state index contributed by atoms with van der Waals surface area (Å²) in [5, 5.41) is 4.31. The van der Waals surface area contributed by atoms with Crippen molar-refractivity contribution in [2.45, 2.75) is 19.3 Å². The maximum absolute atomic E-state index is 6.96. The minimum atomic E-state index is -0.139. The number of nitrogens with zero attached hydrogens (tertiary/aromatic N) is 1. The lowest BCUT2D eigenvalue weighted by Gasteiger charge is -2.26. The molecule has 2 aromatic heterocycles. The molecular formula is C63H43NO2. The number of furan rings is 2. The Balaban J connectivity index is 0.971. The Morgan fingerprint density at radius 3 is 1.44 bits per heavy atom. The Labute approximate surface area is 383 Å². The molecule has 1 aliphatic rings. The molecule has 12 aromatic rings. The second kappa shape index (κ2) is 14.8. The van der Waals surface area contributed by atoms with Crippen LogP contribution in [0.4, 0.5) is 17.1 Å². The van der Waals surface area contributed by atoms with Crippen molar-refractivity contribution in [2.24, 2.45) is 0 Å². The van der Waals surface area contributed by atoms with Crippen LogP contribution in [-0.2, 0) is 5.41 Å². The van der Waals surface area contributed by atoms with Crippen molar-refractivity contribution in [2.75, 3.05) is 4.90 Å². The monoisotopic (exact) mass is 845 g/mol. The Hall–Kier alpha value is -8.40. The molecule has 0 saturated heterocycles. The van der Waals surface area contributed by atoms with E-state index in [1.165, 1.54) is 44.5 Å². The van der Waals surface area contributed by atoms with Crippen LogP contribution in [-0.4, -0.2) is 0 Å². The Kier molecular flexibility index (Phi) is 8.56. The van der Waals surface area contributed by atoms with E-state index in [0.29, 0.717) is 0 Å². The maximum Gasteiger partial charge on any atom is 0.143 e. The third-order valence-electron chi connectivity index (χ3n) is 13.9. The first-order valence-corrected chi connectivity index (χ1v) is 22.7. The average Bonchev–Trinajstić information content (AvgIpc) is 4.02. The zero-order chi connectivity index (χ0) is 43.9. The van der Waals surface area contributed by atoms with E-state index < -0.39 is 0 Å². The van der Waals surface area contributed by atoms with Crippen molar-refractivity contribution < 1.29 is 8.83 Å². The lowest BCUT2D eigenvalue weighted by Crippen LogP contribution is -2.14. The summed E-state index contributed by atoms with van der Waals surface area (Å²) in [7, 11) is 0. The molecule has 0 N–H and O–H groups in total. The largest absolute Gasteiger partial charge is 0.456 e. The van der Waals surface area contributed by atoms with E-state index in [1.807, 2.05) is 18.2 Å². The van der Waals surface area contributed by atoms with Crippen LogP contribution in [0, 0.1) is 0 Å². The third-order valence-corrected chi connectivity index (χ3v) is 13.9. The summed E-state index contributed by atoms with van der Waals surface area (Å²) in [4.78, 5) is 2.34. The molecule has 13 rings (SSSR count). The fraction of sp³-hybridized carbons (Fsp3) is 0.0476. The Morgan fingerprint density at radius 1 is 0.318 bits per heavy atom. The maximum atomic E-state index is 6.96. The standard InChI is InChI=1S/C63H43NO2/c1-63(2)55-19-11-9-17-50(55)51-34-27-45(39-56(51)63)53-37-46(38-54-61-59(66-62(53)54)36-35-58-60(61)52-18-10-12-20-57(52)65-58)44-25-32-49(33-26-44)64(47-28-21-42(22-29-47)40-13-5-3-6-14-40)48-30-23-43(24-31-48)41-15-7-4-8-16-41/h3-39H,1-2H3. The second-order valence-electron chi connectivity index (χ2n) is 18.1. The van der Waals surface area contributed by atoms with Gasteiger partial charge in [-0.3, -0.25) is 0 Å². The zero-order valence-electron chi connectivity index (χ0n) is 36.6. The van der Waals surface area contributed by atoms with Crippen molar-refractivity contribution in [3.63, 3.8) is 0 Å². The molecule has 66 heavy (non-hydrogen) atoms. The highest BCUT2D eigenvalue weighted by molar-refractivity contribution is 6.27. The molecule has 0 atom stereocenters. The number of anilines is 3. The van der Waals surface area contributed by atoms with Gasteiger partial charge in [0.15, 0.2) is 0 Å². The number of fused-ring (bicyclic) bond motifs is 10. The topological polar surface area (TPSA) is 29.5 Å². The van der Waals surface area contributed by atoms with Gasteiger partial charge >= 0.3 is 0 Å². The van der Waals surface area contributed by atoms with Gasteiger partial charge in [-0.2, -0.15) is 0 Å². The molecule has 1 aliphatic carbocycles. The van der Waals surface area contributed by atoms with E-state index in [2.05, 4.69) is 225 Å². The van der Waals surface area contributed by atoms with Crippen LogP contribution in [0.25, 0.3) is 99.5 Å². The van der Waals surface area contributed by atoms with Crippen molar-refractivity contribution >= 4 is 60.9 Å². The van der Waals surface area contributed by atoms with Gasteiger partial charge < -0.3 is 13.7 Å². The number of rotatable bonds is 7. The van der Waals surface area contributed by atoms with E-state index in [0.717, 1.165) is 83.2 Å². The van der Waals surface area contributed by atoms with Gasteiger partial charge in [0.1, 0.15) is 22.3 Å². The van der Waals surface area contributed by atoms with Crippen molar-refractivity contribution in [3.8, 4) is 55.6 Å². The smallest absolute Gasteiger partial charge is 0.143 e. The predicted molar refractivity (Wildman–Crippen MR) is 275 cm³/mol. The molecule has 0 saturated carbocycles. The number of para-hydroxylation sites is 1. The van der Waals surface area contributed by atoms with Gasteiger partial charge in [0.05, 0.1) is 0 Å². The molecule has 0 spiro atoms. The van der Waals surface area contributed by atoms with E-state index in [9.17, 15) is 0 Å². The predicted octanol–water partition coefficient (Wildman–Crippen LogP) is 17.9. The van der Waals surface area contributed by atoms with Crippen molar-refractivity contribution in [1.29, 1.82) is 0 Å². The van der Waals surface area contributed by atoms with Crippen LogP contribution in [0.5, 0.6) is 0 Å². The first-order chi connectivity index (χ1) is 32.5. The molecule has 0 aliphatic heterocycles. The summed E-state index contributed by atoms with van der Waals surface area (Å²) in [6.45, 7) is 4.69. The number of benzene rings is 10. The minimum Gasteiger partial charge on any atom is -0.456 e. The first-order valence-electron chi connectivity index (χ1n) is 22.7. The van der Waals surface area contributed by atoms with Crippen LogP contribution in [0.1, 0.15) is 25.0 Å². The van der Waals surface area contributed by atoms with Gasteiger partial charge in [0.2, 0.25) is 0 Å². The normalized spacial score (nSPS) is 12.8. The first kappa shape index (κ1) is 38.1. The molecule has 0 amide bonds. The average molecular weight is 846 g/mol. The summed E-state index contributed by atoms with van der Waals surface area (Å²) in [6.07, 6.45) is 0. The summed E-state index contributed by atoms with van der Waals surface area (Å²) in [6, 6.07) is 80.8. The van der Waals surface area contributed by atoms with Crippen molar-refractivity contribution in [1.82, 2.24) is 0 Å². The summed E-state index contributed by atoms with van der Waals surface area (Å²) in [5.41, 5.74) is 21.1. The fourth-order valence-corrected chi connectivity index (χ4v) is 10.6. The van der Waals surface area contributed by atoms with E-state index in [1.54, 1.807) is 0 Å². The lowest BCUT2D eigenvalue weighted by atomic mass is 9.81. The SMILES string of the molecule is CC1(C)c2ccccc2-c2ccc(-c3cc(-c4ccc(N(c5ccc(-c6ccccc6)cc5)c5ccc(-c6ccccc6)cc5)cc4)cc4c3oc3ccc5oc6ccccc6c5c34)cc21. The van der Waals surface area contributed by atoms with Crippen LogP contribution in [0.3, 0.4) is 0 Å². The molecule has 0 radical (unpaired) electrons. The van der Waals surface area contributed by atoms with Crippen LogP contribution < -0.4 is 4.90 Å². The Bertz CT molecular complexity index is 3720. The van der Waals surface area contributed by atoms with Gasteiger partial charge in [0, 0.05) is 49.6 Å². The highest BCUT2D eigenvalue weighted by atomic mass is 16.3. The molecule has 3 heteroatoms. The van der Waals surface area contributed by atoms with Crippen LogP contribution in [0.2, 0.25) is 0 Å². The molecular weight excluding hydrogens is 803 g/mol. The minimum absolute atomic E-state index is 0.139. The highest BCUT2D eigenvalue weighted by Crippen LogP contribution is 2.51. The van der Waals surface area contributed by atoms with Gasteiger partial charge in [0.25, 0.3) is 0 Å². The molecule has 3 nitrogen and oxygen atoms in total. The van der Waals surface area contributed by atoms with Crippen LogP contribution in [0.15, 0.2) is 233 Å². The molecule has 0 bridgehead atoms. The molecule has 0 fully saturated rings. The molecule has 10 aromatic carbocycles. The van der Waals surface area contributed by atoms with Gasteiger partial charge in [-0.1, -0.05) is 166 Å². The quantitative estimate of drug-likeness (QED) is 0.160. The third kappa shape index (κ3) is 6.04. The number of hydrogen-bond donors (Lipinski definition) is 0. The summed E-state index contributed by atoms with van der Waals surface area (Å²) < 4.78 is 13.4. The Morgan fingerprint density at radius 2 is 0.803 bits per heavy atom.